The molecular weight excluding hydrogens is 558 g/mol. The number of hydrogen-bond acceptors (Lipinski definition) is 3. The van der Waals surface area contributed by atoms with Gasteiger partial charge >= 0.3 is 12.4 Å². The minimum Gasteiger partial charge on any atom is -0.508 e. The van der Waals surface area contributed by atoms with E-state index in [9.17, 15) is 41.4 Å². The molecule has 2 atom stereocenters. The number of aromatic hydroxyl groups is 2. The number of phenols is 2. The number of carbonyl (C=O) groups excluding carboxylic acids is 1. The van der Waals surface area contributed by atoms with Gasteiger partial charge < -0.3 is 10.2 Å². The number of alkyl halides is 6. The van der Waals surface area contributed by atoms with Crippen molar-refractivity contribution in [3.63, 3.8) is 0 Å². The number of hydrogen-bond donors (Lipinski definition) is 2. The van der Waals surface area contributed by atoms with Crippen molar-refractivity contribution in [2.24, 2.45) is 0 Å². The molecule has 0 saturated carbocycles. The van der Waals surface area contributed by atoms with Gasteiger partial charge in [0.2, 0.25) is 0 Å². The Kier molecular flexibility index (Phi) is 8.90. The normalized spacial score (nSPS) is 13.9. The molecule has 0 spiro atoms. The molecule has 3 nitrogen and oxygen atoms in total. The van der Waals surface area contributed by atoms with Crippen LogP contribution < -0.4 is 0 Å². The summed E-state index contributed by atoms with van der Waals surface area (Å²) in [5.74, 6) is -3.08. The summed E-state index contributed by atoms with van der Waals surface area (Å²) in [5.41, 5.74) is -1.50. The van der Waals surface area contributed by atoms with Gasteiger partial charge in [0.15, 0.2) is 5.78 Å². The number of allylic oxidation sites excluding steroid dienone is 2. The van der Waals surface area contributed by atoms with Gasteiger partial charge in [-0.15, -0.1) is 0 Å². The maximum atomic E-state index is 14.1. The summed E-state index contributed by atoms with van der Waals surface area (Å²) in [4.78, 5) is 14.1. The second-order valence-corrected chi connectivity index (χ2v) is 9.43. The summed E-state index contributed by atoms with van der Waals surface area (Å²) in [6, 6.07) is 20.7. The number of Topliss-reactive ketones (excluding diaryl/α,β-unsaturated/α-hetero) is 1. The van der Waals surface area contributed by atoms with Crippen molar-refractivity contribution in [2.75, 3.05) is 0 Å². The van der Waals surface area contributed by atoms with Gasteiger partial charge in [-0.05, 0) is 58.7 Å². The third kappa shape index (κ3) is 7.28. The number of carbonyl (C=O) groups is 1. The first-order chi connectivity index (χ1) is 19.8. The Labute approximate surface area is 237 Å². The van der Waals surface area contributed by atoms with E-state index in [0.717, 1.165) is 12.1 Å². The summed E-state index contributed by atoms with van der Waals surface area (Å²) in [6.45, 7) is 0. The molecule has 4 aromatic rings. The average molecular weight is 583 g/mol. The van der Waals surface area contributed by atoms with E-state index in [0.29, 0.717) is 11.1 Å². The SMILES string of the molecule is O=C(C(/C=C/c1ccccc1C(F)(F)F)c1ccc(O)cc1)C(/C=C/c1ccccc1C(F)(F)F)c1ccc(O)cc1. The number of phenolic OH excluding ortho intramolecular Hbond substituents is 2. The summed E-state index contributed by atoms with van der Waals surface area (Å²) in [7, 11) is 0. The molecule has 0 aliphatic rings. The van der Waals surface area contributed by atoms with Crippen LogP contribution in [0.2, 0.25) is 0 Å². The molecule has 2 N–H and O–H groups in total. The van der Waals surface area contributed by atoms with E-state index in [1.165, 1.54) is 109 Å². The highest BCUT2D eigenvalue weighted by Gasteiger charge is 2.34. The van der Waals surface area contributed by atoms with Crippen LogP contribution in [0.1, 0.15) is 45.2 Å². The monoisotopic (exact) mass is 582 g/mol. The van der Waals surface area contributed by atoms with E-state index < -0.39 is 41.1 Å². The van der Waals surface area contributed by atoms with Crippen LogP contribution in [0.4, 0.5) is 26.3 Å². The summed E-state index contributed by atoms with van der Waals surface area (Å²) < 4.78 is 81.7. The highest BCUT2D eigenvalue weighted by molar-refractivity contribution is 5.96. The zero-order chi connectivity index (χ0) is 30.5. The van der Waals surface area contributed by atoms with Crippen LogP contribution in [0.15, 0.2) is 109 Å². The van der Waals surface area contributed by atoms with Gasteiger partial charge in [-0.25, -0.2) is 0 Å². The molecule has 0 radical (unpaired) electrons. The molecule has 0 saturated heterocycles. The largest absolute Gasteiger partial charge is 0.508 e. The third-order valence-electron chi connectivity index (χ3n) is 6.59. The topological polar surface area (TPSA) is 57.5 Å². The van der Waals surface area contributed by atoms with Crippen molar-refractivity contribution in [2.45, 2.75) is 24.2 Å². The lowest BCUT2D eigenvalue weighted by Gasteiger charge is -2.20. The molecule has 0 aliphatic carbocycles. The van der Waals surface area contributed by atoms with E-state index in [2.05, 4.69) is 0 Å². The quantitative estimate of drug-likeness (QED) is 0.204. The minimum absolute atomic E-state index is 0.102. The van der Waals surface area contributed by atoms with Crippen LogP contribution in [0.5, 0.6) is 11.5 Å². The Morgan fingerprint density at radius 2 is 0.881 bits per heavy atom. The first-order valence-electron chi connectivity index (χ1n) is 12.6. The molecule has 0 heterocycles. The van der Waals surface area contributed by atoms with Crippen LogP contribution in [0.3, 0.4) is 0 Å². The molecule has 2 unspecified atom stereocenters. The molecule has 0 aromatic heterocycles. The van der Waals surface area contributed by atoms with Crippen LogP contribution in [0, 0.1) is 0 Å². The predicted octanol–water partition coefficient (Wildman–Crippen LogP) is 9.00. The molecule has 0 bridgehead atoms. The summed E-state index contributed by atoms with van der Waals surface area (Å²) in [6.07, 6.45) is -4.36. The van der Waals surface area contributed by atoms with Crippen molar-refractivity contribution < 1.29 is 41.4 Å². The molecule has 9 heteroatoms. The van der Waals surface area contributed by atoms with E-state index >= 15 is 0 Å². The Morgan fingerprint density at radius 3 is 1.21 bits per heavy atom. The van der Waals surface area contributed by atoms with Crippen molar-refractivity contribution in [3.8, 4) is 11.5 Å². The minimum atomic E-state index is -4.65. The number of benzene rings is 4. The summed E-state index contributed by atoms with van der Waals surface area (Å²) in [5, 5.41) is 19.5. The lowest BCUT2D eigenvalue weighted by atomic mass is 9.82. The van der Waals surface area contributed by atoms with E-state index in [-0.39, 0.29) is 22.6 Å². The average Bonchev–Trinajstić information content (AvgIpc) is 2.94. The number of ketones is 1. The first kappa shape index (κ1) is 30.2. The zero-order valence-electron chi connectivity index (χ0n) is 21.8. The van der Waals surface area contributed by atoms with Crippen LogP contribution in [-0.2, 0) is 17.1 Å². The second kappa shape index (κ2) is 12.4. The standard InChI is InChI=1S/C33H24F6O3/c34-32(35,36)29-7-3-1-5-23(29)13-19-27(21-9-15-25(40)16-10-21)31(42)28(22-11-17-26(41)18-12-22)20-14-24-6-2-4-8-30(24)33(37,38)39/h1-20,27-28,40-41H/b19-13+,20-14+. The third-order valence-corrected chi connectivity index (χ3v) is 6.59. The molecule has 4 rings (SSSR count). The lowest BCUT2D eigenvalue weighted by molar-refractivity contribution is -0.138. The van der Waals surface area contributed by atoms with Gasteiger partial charge in [0.1, 0.15) is 11.5 Å². The van der Waals surface area contributed by atoms with Crippen LogP contribution in [0.25, 0.3) is 12.2 Å². The van der Waals surface area contributed by atoms with E-state index in [4.69, 9.17) is 0 Å². The zero-order valence-corrected chi connectivity index (χ0v) is 21.8. The molecule has 0 amide bonds. The van der Waals surface area contributed by atoms with Gasteiger partial charge in [0, 0.05) is 0 Å². The molecule has 0 fully saturated rings. The Bertz CT molecular complexity index is 1470. The predicted molar refractivity (Wildman–Crippen MR) is 148 cm³/mol. The van der Waals surface area contributed by atoms with E-state index in [1.807, 2.05) is 0 Å². The van der Waals surface area contributed by atoms with Gasteiger partial charge in [0.25, 0.3) is 0 Å². The molecule has 42 heavy (non-hydrogen) atoms. The maximum absolute atomic E-state index is 14.1. The van der Waals surface area contributed by atoms with Gasteiger partial charge in [-0.1, -0.05) is 85.0 Å². The Hall–Kier alpha value is -4.79. The van der Waals surface area contributed by atoms with Gasteiger partial charge in [-0.2, -0.15) is 26.3 Å². The van der Waals surface area contributed by atoms with Gasteiger partial charge in [0.05, 0.1) is 23.0 Å². The van der Waals surface area contributed by atoms with E-state index in [1.54, 1.807) is 0 Å². The van der Waals surface area contributed by atoms with Gasteiger partial charge in [-0.3, -0.25) is 4.79 Å². The highest BCUT2D eigenvalue weighted by atomic mass is 19.4. The van der Waals surface area contributed by atoms with Crippen molar-refractivity contribution >= 4 is 17.9 Å². The maximum Gasteiger partial charge on any atom is 0.416 e. The number of halogens is 6. The fourth-order valence-electron chi connectivity index (χ4n) is 4.50. The molecular formula is C33H24F6O3. The van der Waals surface area contributed by atoms with Crippen molar-refractivity contribution in [1.29, 1.82) is 0 Å². The van der Waals surface area contributed by atoms with Crippen LogP contribution >= 0.6 is 0 Å². The molecule has 216 valence electrons. The molecule has 4 aromatic carbocycles. The summed E-state index contributed by atoms with van der Waals surface area (Å²) >= 11 is 0. The Morgan fingerprint density at radius 1 is 0.548 bits per heavy atom. The van der Waals surface area contributed by atoms with Crippen molar-refractivity contribution in [3.05, 3.63) is 143 Å². The highest BCUT2D eigenvalue weighted by Crippen LogP contribution is 2.36. The fourth-order valence-corrected chi connectivity index (χ4v) is 4.50. The number of rotatable bonds is 8. The second-order valence-electron chi connectivity index (χ2n) is 9.43. The van der Waals surface area contributed by atoms with Crippen molar-refractivity contribution in [1.82, 2.24) is 0 Å². The lowest BCUT2D eigenvalue weighted by Crippen LogP contribution is -2.18. The Balaban J connectivity index is 1.83. The fraction of sp³-hybridized carbons (Fsp3) is 0.121. The molecule has 0 aliphatic heterocycles. The van der Waals surface area contributed by atoms with Crippen LogP contribution in [-0.4, -0.2) is 16.0 Å². The smallest absolute Gasteiger partial charge is 0.416 e. The first-order valence-corrected chi connectivity index (χ1v) is 12.6.